The zero-order valence-corrected chi connectivity index (χ0v) is 20.1. The summed E-state index contributed by atoms with van der Waals surface area (Å²) in [6, 6.07) is 26.4. The summed E-state index contributed by atoms with van der Waals surface area (Å²) >= 11 is 0. The highest BCUT2D eigenvalue weighted by Gasteiger charge is 2.16. The van der Waals surface area contributed by atoms with Crippen molar-refractivity contribution in [2.75, 3.05) is 0 Å². The Kier molecular flexibility index (Phi) is 6.88. The maximum absolute atomic E-state index is 2.24. The van der Waals surface area contributed by atoms with Crippen LogP contribution in [0.1, 0.15) is 60.1 Å². The first-order chi connectivity index (χ1) is 15.1. The monoisotopic (exact) mass is 438 g/mol. The Bertz CT molecular complexity index is 1070. The Hall–Kier alpha value is -3.26. The molecule has 2 aromatic carbocycles. The third-order valence-electron chi connectivity index (χ3n) is 6.06. The number of rotatable bonds is 3. The SMILES string of the molecule is C.CC(C)(C)c1ccc(-[n+]2ccc(-c3cc[n+](-c4ccc(C(C)(C)C)cc4)cc3)cc2)cc1. The molecule has 4 aromatic rings. The molecule has 0 N–H and O–H groups in total. The van der Waals surface area contributed by atoms with E-state index < -0.39 is 0 Å². The van der Waals surface area contributed by atoms with E-state index in [-0.39, 0.29) is 18.3 Å². The highest BCUT2D eigenvalue weighted by Crippen LogP contribution is 2.23. The van der Waals surface area contributed by atoms with Gasteiger partial charge in [0.25, 0.3) is 0 Å². The van der Waals surface area contributed by atoms with Crippen molar-refractivity contribution >= 4 is 0 Å². The molecule has 2 aromatic heterocycles. The number of pyridine rings is 2. The molecule has 0 amide bonds. The topological polar surface area (TPSA) is 7.76 Å². The second-order valence-corrected chi connectivity index (χ2v) is 10.6. The van der Waals surface area contributed by atoms with Gasteiger partial charge in [-0.3, -0.25) is 0 Å². The molecule has 4 rings (SSSR count). The molecule has 0 bridgehead atoms. The smallest absolute Gasteiger partial charge is 0.167 e. The van der Waals surface area contributed by atoms with Crippen molar-refractivity contribution in [1.29, 1.82) is 0 Å². The largest absolute Gasteiger partial charge is 0.210 e. The molecular weight excluding hydrogens is 400 g/mol. The molecule has 0 unspecified atom stereocenters. The maximum Gasteiger partial charge on any atom is 0.210 e. The quantitative estimate of drug-likeness (QED) is 0.300. The van der Waals surface area contributed by atoms with E-state index in [1.165, 1.54) is 33.6 Å². The van der Waals surface area contributed by atoms with Gasteiger partial charge in [-0.05, 0) is 33.1 Å². The van der Waals surface area contributed by atoms with Gasteiger partial charge in [0.15, 0.2) is 24.8 Å². The van der Waals surface area contributed by atoms with Crippen LogP contribution in [0.2, 0.25) is 0 Å². The van der Waals surface area contributed by atoms with Gasteiger partial charge in [0, 0.05) is 48.5 Å². The molecule has 33 heavy (non-hydrogen) atoms. The van der Waals surface area contributed by atoms with Gasteiger partial charge in [0.2, 0.25) is 11.4 Å². The number of aromatic nitrogens is 2. The second-order valence-electron chi connectivity index (χ2n) is 10.6. The van der Waals surface area contributed by atoms with E-state index in [1.807, 2.05) is 0 Å². The normalized spacial score (nSPS) is 11.7. The number of hydrogen-bond acceptors (Lipinski definition) is 0. The molecule has 2 nitrogen and oxygen atoms in total. The molecule has 0 atom stereocenters. The fourth-order valence-electron chi connectivity index (χ4n) is 3.85. The summed E-state index contributed by atoms with van der Waals surface area (Å²) in [5, 5.41) is 0. The van der Waals surface area contributed by atoms with Crippen LogP contribution in [0.4, 0.5) is 0 Å². The highest BCUT2D eigenvalue weighted by atomic mass is 14.9. The number of nitrogens with zero attached hydrogens (tertiary/aromatic N) is 2. The van der Waals surface area contributed by atoms with Crippen LogP contribution in [0.25, 0.3) is 22.5 Å². The van der Waals surface area contributed by atoms with Crippen LogP contribution in [-0.4, -0.2) is 0 Å². The summed E-state index contributed by atoms with van der Waals surface area (Å²) in [4.78, 5) is 0. The zero-order valence-electron chi connectivity index (χ0n) is 20.1. The zero-order chi connectivity index (χ0) is 22.9. The van der Waals surface area contributed by atoms with Crippen LogP contribution in [0.5, 0.6) is 0 Å². The Balaban J connectivity index is 0.00000306. The second kappa shape index (κ2) is 9.31. The van der Waals surface area contributed by atoms with Gasteiger partial charge in [0.1, 0.15) is 0 Å². The molecule has 0 aliphatic carbocycles. The van der Waals surface area contributed by atoms with E-state index in [0.717, 1.165) is 0 Å². The number of hydrogen-bond donors (Lipinski definition) is 0. The van der Waals surface area contributed by atoms with Gasteiger partial charge in [-0.25, -0.2) is 0 Å². The third-order valence-corrected chi connectivity index (χ3v) is 6.06. The average Bonchev–Trinajstić information content (AvgIpc) is 2.78. The van der Waals surface area contributed by atoms with E-state index in [9.17, 15) is 0 Å². The summed E-state index contributed by atoms with van der Waals surface area (Å²) in [5.74, 6) is 0. The van der Waals surface area contributed by atoms with Crippen molar-refractivity contribution in [2.24, 2.45) is 0 Å². The molecular formula is C31H38N2+2. The predicted octanol–water partition coefficient (Wildman–Crippen LogP) is 7.14. The molecule has 0 aliphatic rings. The van der Waals surface area contributed by atoms with Gasteiger partial charge in [-0.2, -0.15) is 9.13 Å². The molecule has 2 heterocycles. The molecule has 2 heteroatoms. The lowest BCUT2D eigenvalue weighted by atomic mass is 9.87. The van der Waals surface area contributed by atoms with Crippen molar-refractivity contribution in [1.82, 2.24) is 0 Å². The first-order valence-electron chi connectivity index (χ1n) is 11.4. The van der Waals surface area contributed by atoms with Crippen molar-refractivity contribution < 1.29 is 9.13 Å². The average molecular weight is 439 g/mol. The van der Waals surface area contributed by atoms with Crippen molar-refractivity contribution in [2.45, 2.75) is 59.8 Å². The van der Waals surface area contributed by atoms with E-state index >= 15 is 0 Å². The summed E-state index contributed by atoms with van der Waals surface area (Å²) < 4.78 is 4.33. The molecule has 0 saturated carbocycles. The van der Waals surface area contributed by atoms with E-state index in [1.54, 1.807) is 0 Å². The Labute approximate surface area is 200 Å². The van der Waals surface area contributed by atoms with Crippen molar-refractivity contribution in [3.63, 3.8) is 0 Å². The van der Waals surface area contributed by atoms with E-state index in [4.69, 9.17) is 0 Å². The summed E-state index contributed by atoms with van der Waals surface area (Å²) in [6.45, 7) is 13.5. The molecule has 0 aliphatic heterocycles. The molecule has 170 valence electrons. The van der Waals surface area contributed by atoms with E-state index in [2.05, 4.69) is 148 Å². The predicted molar refractivity (Wildman–Crippen MR) is 139 cm³/mol. The van der Waals surface area contributed by atoms with Gasteiger partial charge < -0.3 is 0 Å². The lowest BCUT2D eigenvalue weighted by Gasteiger charge is -2.18. The molecule has 0 saturated heterocycles. The fourth-order valence-corrected chi connectivity index (χ4v) is 3.85. The van der Waals surface area contributed by atoms with E-state index in [0.29, 0.717) is 0 Å². The van der Waals surface area contributed by atoms with Crippen LogP contribution < -0.4 is 9.13 Å². The van der Waals surface area contributed by atoms with Crippen LogP contribution >= 0.6 is 0 Å². The highest BCUT2D eigenvalue weighted by molar-refractivity contribution is 5.61. The van der Waals surface area contributed by atoms with Gasteiger partial charge in [-0.1, -0.05) is 73.2 Å². The van der Waals surface area contributed by atoms with Crippen LogP contribution in [0.15, 0.2) is 97.6 Å². The third kappa shape index (κ3) is 5.57. The summed E-state index contributed by atoms with van der Waals surface area (Å²) in [7, 11) is 0. The van der Waals surface area contributed by atoms with Gasteiger partial charge in [-0.15, -0.1) is 0 Å². The minimum absolute atomic E-state index is 0. The standard InChI is InChI=1S/C30H34N2.CH4/c1-29(2,3)25-7-11-27(12-8-25)31-19-15-23(16-20-31)24-17-21-32(22-18-24)28-13-9-26(10-14-28)30(4,5)6;/h7-22H,1-6H3;1H4/q+2;. The lowest BCUT2D eigenvalue weighted by Crippen LogP contribution is -2.30. The molecule has 0 radical (unpaired) electrons. The molecule has 0 spiro atoms. The summed E-state index contributed by atoms with van der Waals surface area (Å²) in [5.41, 5.74) is 7.82. The minimum atomic E-state index is 0. The van der Waals surface area contributed by atoms with Gasteiger partial charge >= 0.3 is 0 Å². The minimum Gasteiger partial charge on any atom is -0.167 e. The Morgan fingerprint density at radius 2 is 0.697 bits per heavy atom. The Morgan fingerprint density at radius 1 is 0.424 bits per heavy atom. The van der Waals surface area contributed by atoms with Crippen LogP contribution in [-0.2, 0) is 10.8 Å². The summed E-state index contributed by atoms with van der Waals surface area (Å²) in [6.07, 6.45) is 8.53. The lowest BCUT2D eigenvalue weighted by molar-refractivity contribution is -0.596. The van der Waals surface area contributed by atoms with Gasteiger partial charge in [0.05, 0.1) is 0 Å². The van der Waals surface area contributed by atoms with Crippen LogP contribution in [0.3, 0.4) is 0 Å². The maximum atomic E-state index is 2.24. The van der Waals surface area contributed by atoms with Crippen molar-refractivity contribution in [3.8, 4) is 22.5 Å². The first kappa shape index (κ1) is 24.4. The first-order valence-corrected chi connectivity index (χ1v) is 11.4. The number of benzene rings is 2. The van der Waals surface area contributed by atoms with Crippen LogP contribution in [0, 0.1) is 0 Å². The fraction of sp³-hybridized carbons (Fsp3) is 0.290. The molecule has 0 fully saturated rings. The van der Waals surface area contributed by atoms with Crippen molar-refractivity contribution in [3.05, 3.63) is 109 Å². The Morgan fingerprint density at radius 3 is 0.939 bits per heavy atom.